The summed E-state index contributed by atoms with van der Waals surface area (Å²) in [5.74, 6) is 12.6. The van der Waals surface area contributed by atoms with E-state index in [-0.39, 0.29) is 0 Å². The Balaban J connectivity index is 1.47. The van der Waals surface area contributed by atoms with Crippen LogP contribution in [0.2, 0.25) is 0 Å². The molecule has 2 aliphatic heterocycles. The van der Waals surface area contributed by atoms with Gasteiger partial charge in [-0.2, -0.15) is 0 Å². The predicted molar refractivity (Wildman–Crippen MR) is 246 cm³/mol. The van der Waals surface area contributed by atoms with E-state index in [4.69, 9.17) is 19.4 Å². The van der Waals surface area contributed by atoms with Crippen LogP contribution in [0.5, 0.6) is 0 Å². The molecule has 300 valence electrons. The van der Waals surface area contributed by atoms with Crippen molar-refractivity contribution in [2.45, 2.75) is 100 Å². The number of fused-ring (bicyclic) bond motifs is 8. The van der Waals surface area contributed by atoms with E-state index in [1.807, 2.05) is 30.3 Å². The van der Waals surface area contributed by atoms with Crippen molar-refractivity contribution >= 4 is 44.4 Å². The molecule has 0 fully saturated rings. The second-order valence-electron chi connectivity index (χ2n) is 15.8. The van der Waals surface area contributed by atoms with Gasteiger partial charge in [0.1, 0.15) is 0 Å². The summed E-state index contributed by atoms with van der Waals surface area (Å²) in [7, 11) is 3.25. The Morgan fingerprint density at radius 3 is 1.56 bits per heavy atom. The highest BCUT2D eigenvalue weighted by molar-refractivity contribution is 6.01. The van der Waals surface area contributed by atoms with Gasteiger partial charge in [0.05, 0.1) is 22.8 Å². The fourth-order valence-corrected chi connectivity index (χ4v) is 8.22. The summed E-state index contributed by atoms with van der Waals surface area (Å²) in [6.45, 7) is 17.8. The minimum Gasteiger partial charge on any atom is -0.355 e. The van der Waals surface area contributed by atoms with Gasteiger partial charge in [-0.25, -0.2) is 9.97 Å². The third-order valence-electron chi connectivity index (χ3n) is 12.1. The molecule has 0 saturated carbocycles. The first-order chi connectivity index (χ1) is 28.6. The number of rotatable bonds is 10. The number of hydrogen-bond donors (Lipinski definition) is 2. The van der Waals surface area contributed by atoms with E-state index in [0.29, 0.717) is 0 Å². The van der Waals surface area contributed by atoms with Crippen molar-refractivity contribution in [1.82, 2.24) is 19.9 Å². The maximum absolute atomic E-state index is 5.46. The quantitative estimate of drug-likeness (QED) is 0.109. The molecule has 0 unspecified atom stereocenters. The van der Waals surface area contributed by atoms with E-state index in [1.54, 1.807) is 14.2 Å². The topological polar surface area (TPSA) is 75.8 Å². The van der Waals surface area contributed by atoms with E-state index in [0.717, 1.165) is 122 Å². The molecular weight excluding hydrogens is 725 g/mol. The van der Waals surface area contributed by atoms with E-state index in [9.17, 15) is 0 Å². The van der Waals surface area contributed by atoms with Gasteiger partial charge >= 0.3 is 0 Å². The second kappa shape index (κ2) is 17.9. The minimum atomic E-state index is -0.445. The molecule has 2 aliphatic rings. The zero-order valence-electron chi connectivity index (χ0n) is 36.4. The fraction of sp³-hybridized carbons (Fsp3) is 0.321. The van der Waals surface area contributed by atoms with Gasteiger partial charge in [-0.3, -0.25) is 0 Å². The highest BCUT2D eigenvalue weighted by atomic mass is 16.7. The summed E-state index contributed by atoms with van der Waals surface area (Å²) >= 11 is 0. The van der Waals surface area contributed by atoms with Crippen LogP contribution in [0, 0.1) is 37.5 Å². The van der Waals surface area contributed by atoms with Crippen LogP contribution in [0.15, 0.2) is 66.7 Å². The molecule has 0 spiro atoms. The van der Waals surface area contributed by atoms with Crippen LogP contribution in [-0.4, -0.2) is 34.2 Å². The maximum atomic E-state index is 5.46. The number of methoxy groups -OCH3 is 2. The first-order valence-electron chi connectivity index (χ1n) is 21.0. The summed E-state index contributed by atoms with van der Waals surface area (Å²) in [4.78, 5) is 18.6. The Kier molecular flexibility index (Phi) is 12.5. The van der Waals surface area contributed by atoms with Gasteiger partial charge < -0.3 is 19.4 Å². The van der Waals surface area contributed by atoms with Gasteiger partial charge in [0.25, 0.3) is 0 Å². The summed E-state index contributed by atoms with van der Waals surface area (Å²) in [6.07, 6.45) is 6.16. The van der Waals surface area contributed by atoms with E-state index >= 15 is 0 Å². The van der Waals surface area contributed by atoms with Crippen molar-refractivity contribution < 1.29 is 9.47 Å². The molecule has 2 N–H and O–H groups in total. The highest BCUT2D eigenvalue weighted by Crippen LogP contribution is 2.42. The van der Waals surface area contributed by atoms with Crippen LogP contribution in [-0.2, 0) is 22.3 Å². The zero-order valence-corrected chi connectivity index (χ0v) is 36.4. The molecule has 59 heavy (non-hydrogen) atoms. The van der Waals surface area contributed by atoms with Gasteiger partial charge in [-0.05, 0) is 172 Å². The Morgan fingerprint density at radius 2 is 1.07 bits per heavy atom. The third-order valence-corrected chi connectivity index (χ3v) is 12.1. The number of nitrogens with one attached hydrogen (secondary N) is 2. The number of nitrogens with zero attached hydrogens (tertiary/aromatic N) is 2. The summed E-state index contributed by atoms with van der Waals surface area (Å²) in [5.41, 5.74) is 22.9. The molecular formula is C53H56N4O2. The lowest BCUT2D eigenvalue weighted by atomic mass is 9.94. The second-order valence-corrected chi connectivity index (χ2v) is 15.8. The zero-order chi connectivity index (χ0) is 41.8. The highest BCUT2D eigenvalue weighted by Gasteiger charge is 2.25. The molecule has 7 rings (SSSR count). The van der Waals surface area contributed by atoms with Crippen LogP contribution in [0.25, 0.3) is 55.5 Å². The summed E-state index contributed by atoms with van der Waals surface area (Å²) < 4.78 is 10.9. The normalized spacial score (nSPS) is 12.5. The smallest absolute Gasteiger partial charge is 0.183 e. The number of benzene rings is 2. The van der Waals surface area contributed by atoms with E-state index in [1.165, 1.54) is 33.3 Å². The molecule has 0 radical (unpaired) electrons. The lowest BCUT2D eigenvalue weighted by Crippen LogP contribution is -2.03. The Labute approximate surface area is 350 Å². The lowest BCUT2D eigenvalue weighted by molar-refractivity contribution is -0.106. The molecule has 0 amide bonds. The SMILES string of the molecule is CCCCc1c(C)c2cc3nc(c(-c4cccc(C#CC#Cc5cccc(C(OC)OC)c5)c4)c4nc(cc5[nH]c(cc1[nH]2)c(CCCC)c5C)C(C)=C4C)C(C)=C3C. The van der Waals surface area contributed by atoms with Crippen LogP contribution in [0.1, 0.15) is 135 Å². The molecule has 5 aromatic rings. The Morgan fingerprint density at radius 1 is 0.576 bits per heavy atom. The van der Waals surface area contributed by atoms with Crippen LogP contribution in [0.4, 0.5) is 0 Å². The van der Waals surface area contributed by atoms with Gasteiger partial charge in [-0.15, -0.1) is 0 Å². The number of aromatic amines is 2. The molecule has 0 aliphatic carbocycles. The van der Waals surface area contributed by atoms with E-state index < -0.39 is 6.29 Å². The van der Waals surface area contributed by atoms with Crippen molar-refractivity contribution in [1.29, 1.82) is 0 Å². The number of H-pyrrole nitrogens is 2. The fourth-order valence-electron chi connectivity index (χ4n) is 8.22. The molecule has 0 saturated heterocycles. The van der Waals surface area contributed by atoms with Crippen molar-refractivity contribution in [2.75, 3.05) is 14.2 Å². The number of aryl methyl sites for hydroxylation is 4. The van der Waals surface area contributed by atoms with Gasteiger partial charge in [0, 0.05) is 58.5 Å². The number of allylic oxidation sites excluding steroid dienone is 4. The first-order valence-corrected chi connectivity index (χ1v) is 21.0. The molecule has 6 heteroatoms. The summed E-state index contributed by atoms with van der Waals surface area (Å²) in [5, 5.41) is 0. The van der Waals surface area contributed by atoms with Crippen LogP contribution >= 0.6 is 0 Å². The maximum Gasteiger partial charge on any atom is 0.183 e. The van der Waals surface area contributed by atoms with Gasteiger partial charge in [0.2, 0.25) is 0 Å². The number of hydrogen-bond acceptors (Lipinski definition) is 4. The summed E-state index contributed by atoms with van der Waals surface area (Å²) in [6, 6.07) is 23.1. The Bertz CT molecular complexity index is 2680. The Hall–Kier alpha value is -5.92. The van der Waals surface area contributed by atoms with Crippen molar-refractivity contribution in [3.63, 3.8) is 0 Å². The average Bonchev–Trinajstić information content (AvgIpc) is 3.89. The molecule has 0 atom stereocenters. The number of unbranched alkanes of at least 4 members (excludes halogenated alkanes) is 2. The lowest BCUT2D eigenvalue weighted by Gasteiger charge is -2.13. The molecule has 2 aromatic carbocycles. The number of ether oxygens (including phenoxy) is 2. The van der Waals surface area contributed by atoms with Crippen molar-refractivity contribution in [3.8, 4) is 34.8 Å². The van der Waals surface area contributed by atoms with Crippen molar-refractivity contribution in [3.05, 3.63) is 128 Å². The standard InChI is InChI=1S/C53H56N4O2/c1-11-13-25-42-36(7)46-29-44-32(3)34(5)51(56-44)50(40-23-17-21-38(27-40)19-15-16-20-39-22-18-24-41(28-39)53(58-9)59-10)52-35(6)33(4)45(57-52)30-47-37(8)43(26-14-12-2)49(55-47)31-48(42)54-46/h17-18,21-24,27-31,53-55H,11-14,25-26H2,1-10H3. The van der Waals surface area contributed by atoms with Crippen LogP contribution in [0.3, 0.4) is 0 Å². The van der Waals surface area contributed by atoms with Gasteiger partial charge in [-0.1, -0.05) is 62.8 Å². The van der Waals surface area contributed by atoms with Crippen LogP contribution < -0.4 is 0 Å². The number of aromatic nitrogens is 4. The molecule has 5 heterocycles. The predicted octanol–water partition coefficient (Wildman–Crippen LogP) is 12.9. The first kappa shape index (κ1) is 41.2. The monoisotopic (exact) mass is 780 g/mol. The molecule has 8 bridgehead atoms. The minimum absolute atomic E-state index is 0.445. The van der Waals surface area contributed by atoms with Gasteiger partial charge in [0.15, 0.2) is 6.29 Å². The van der Waals surface area contributed by atoms with E-state index in [2.05, 4.69) is 125 Å². The average molecular weight is 781 g/mol. The molecule has 6 nitrogen and oxygen atoms in total. The molecule has 3 aromatic heterocycles. The largest absolute Gasteiger partial charge is 0.355 e. The van der Waals surface area contributed by atoms with Crippen molar-refractivity contribution in [2.24, 2.45) is 0 Å². The third kappa shape index (κ3) is 8.35.